The summed E-state index contributed by atoms with van der Waals surface area (Å²) in [6.07, 6.45) is 0. The van der Waals surface area contributed by atoms with Crippen molar-refractivity contribution in [3.8, 4) is 11.6 Å². The Balaban J connectivity index is 2.25. The molecule has 0 aliphatic rings. The molecule has 1 aromatic carbocycles. The molecule has 0 saturated carbocycles. The highest BCUT2D eigenvalue weighted by Crippen LogP contribution is 2.27. The molecule has 0 aliphatic carbocycles. The molecular weight excluding hydrogens is 239 g/mol. The second kappa shape index (κ2) is 4.12. The molecular formula is C9H6ClFN2OS. The molecule has 1 aromatic heterocycles. The van der Waals surface area contributed by atoms with E-state index in [0.717, 1.165) is 11.7 Å². The number of halogens is 2. The van der Waals surface area contributed by atoms with Gasteiger partial charge in [0.15, 0.2) is 0 Å². The van der Waals surface area contributed by atoms with Gasteiger partial charge < -0.3 is 4.74 Å². The molecule has 0 atom stereocenters. The van der Waals surface area contributed by atoms with Gasteiger partial charge in [0.2, 0.25) is 5.15 Å². The molecule has 0 N–H and O–H groups in total. The molecule has 0 amide bonds. The predicted octanol–water partition coefficient (Wildman–Crippen LogP) is 3.43. The molecule has 0 aliphatic heterocycles. The smallest absolute Gasteiger partial charge is 0.270 e. The van der Waals surface area contributed by atoms with E-state index in [0.29, 0.717) is 11.3 Å². The average molecular weight is 245 g/mol. The summed E-state index contributed by atoms with van der Waals surface area (Å²) in [7, 11) is 0. The lowest BCUT2D eigenvalue weighted by atomic mass is 10.2. The molecule has 1 heterocycles. The number of nitrogens with zero attached hydrogens (tertiary/aromatic N) is 2. The molecule has 2 aromatic rings. The van der Waals surface area contributed by atoms with Crippen LogP contribution in [0, 0.1) is 12.7 Å². The first-order chi connectivity index (χ1) is 7.16. The first-order valence-corrected chi connectivity index (χ1v) is 5.19. The number of rotatable bonds is 2. The van der Waals surface area contributed by atoms with Crippen LogP contribution in [0.2, 0.25) is 5.15 Å². The van der Waals surface area contributed by atoms with E-state index >= 15 is 0 Å². The number of benzene rings is 1. The molecule has 78 valence electrons. The first-order valence-electron chi connectivity index (χ1n) is 4.09. The zero-order valence-electron chi connectivity index (χ0n) is 7.70. The van der Waals surface area contributed by atoms with E-state index in [1.165, 1.54) is 6.07 Å². The Hall–Kier alpha value is -1.20. The molecule has 0 bridgehead atoms. The maximum absolute atomic E-state index is 13.2. The van der Waals surface area contributed by atoms with Crippen LogP contribution < -0.4 is 4.74 Å². The van der Waals surface area contributed by atoms with E-state index < -0.39 is 0 Å². The summed E-state index contributed by atoms with van der Waals surface area (Å²) in [5, 5.41) is 0.181. The van der Waals surface area contributed by atoms with Gasteiger partial charge in [-0.15, -0.1) is 4.37 Å². The normalized spacial score (nSPS) is 10.3. The second-order valence-electron chi connectivity index (χ2n) is 2.87. The number of hydrogen-bond donors (Lipinski definition) is 0. The number of aryl methyl sites for hydroxylation is 1. The highest BCUT2D eigenvalue weighted by Gasteiger charge is 2.08. The van der Waals surface area contributed by atoms with Crippen LogP contribution in [0.5, 0.6) is 11.6 Å². The van der Waals surface area contributed by atoms with E-state index in [1.807, 2.05) is 0 Å². The lowest BCUT2D eigenvalue weighted by Gasteiger charge is -2.03. The Morgan fingerprint density at radius 1 is 1.40 bits per heavy atom. The van der Waals surface area contributed by atoms with Gasteiger partial charge in [-0.2, -0.15) is 4.37 Å². The van der Waals surface area contributed by atoms with Crippen molar-refractivity contribution >= 4 is 23.3 Å². The largest absolute Gasteiger partial charge is 0.436 e. The Bertz CT molecular complexity index is 489. The molecule has 2 rings (SSSR count). The fourth-order valence-corrected chi connectivity index (χ4v) is 1.59. The van der Waals surface area contributed by atoms with Gasteiger partial charge in [0.25, 0.3) is 5.88 Å². The summed E-state index contributed by atoms with van der Waals surface area (Å²) >= 11 is 6.62. The minimum absolute atomic E-state index is 0.181. The fraction of sp³-hybridized carbons (Fsp3) is 0.111. The first kappa shape index (κ1) is 10.3. The van der Waals surface area contributed by atoms with E-state index in [9.17, 15) is 4.39 Å². The van der Waals surface area contributed by atoms with Gasteiger partial charge in [-0.1, -0.05) is 17.7 Å². The Morgan fingerprint density at radius 2 is 2.20 bits per heavy atom. The molecule has 0 unspecified atom stereocenters. The van der Waals surface area contributed by atoms with Crippen LogP contribution in [0.4, 0.5) is 4.39 Å². The third-order valence-electron chi connectivity index (χ3n) is 1.78. The van der Waals surface area contributed by atoms with Gasteiger partial charge in [-0.25, -0.2) is 4.39 Å². The van der Waals surface area contributed by atoms with Crippen molar-refractivity contribution in [3.05, 3.63) is 34.7 Å². The summed E-state index contributed by atoms with van der Waals surface area (Å²) in [6, 6.07) is 4.55. The quantitative estimate of drug-likeness (QED) is 0.812. The molecule has 0 spiro atoms. The minimum Gasteiger partial charge on any atom is -0.436 e. The lowest BCUT2D eigenvalue weighted by Crippen LogP contribution is -1.87. The summed E-state index contributed by atoms with van der Waals surface area (Å²) in [4.78, 5) is 0. The van der Waals surface area contributed by atoms with E-state index in [1.54, 1.807) is 19.1 Å². The van der Waals surface area contributed by atoms with Crippen molar-refractivity contribution in [1.82, 2.24) is 8.75 Å². The summed E-state index contributed by atoms with van der Waals surface area (Å²) < 4.78 is 26.0. The van der Waals surface area contributed by atoms with Gasteiger partial charge in [-0.3, -0.25) is 0 Å². The van der Waals surface area contributed by atoms with Crippen LogP contribution in [0.25, 0.3) is 0 Å². The third-order valence-corrected chi connectivity index (χ3v) is 2.64. The van der Waals surface area contributed by atoms with Crippen molar-refractivity contribution < 1.29 is 9.13 Å². The van der Waals surface area contributed by atoms with Gasteiger partial charge in [0.05, 0.1) is 11.7 Å². The molecule has 15 heavy (non-hydrogen) atoms. The minimum atomic E-state index is -0.327. The maximum atomic E-state index is 13.2. The predicted molar refractivity (Wildman–Crippen MR) is 56.1 cm³/mol. The average Bonchev–Trinajstić information content (AvgIpc) is 2.59. The van der Waals surface area contributed by atoms with Gasteiger partial charge >= 0.3 is 0 Å². The number of aromatic nitrogens is 2. The van der Waals surface area contributed by atoms with Crippen LogP contribution in [-0.4, -0.2) is 8.75 Å². The van der Waals surface area contributed by atoms with Crippen molar-refractivity contribution in [2.24, 2.45) is 0 Å². The van der Waals surface area contributed by atoms with Crippen LogP contribution in [0.15, 0.2) is 18.2 Å². The van der Waals surface area contributed by atoms with E-state index in [2.05, 4.69) is 8.75 Å². The Labute approximate surface area is 94.8 Å². The number of hydrogen-bond acceptors (Lipinski definition) is 4. The van der Waals surface area contributed by atoms with Crippen molar-refractivity contribution in [1.29, 1.82) is 0 Å². The Kier molecular flexibility index (Phi) is 2.83. The van der Waals surface area contributed by atoms with Gasteiger partial charge in [-0.05, 0) is 18.6 Å². The molecule has 6 heteroatoms. The molecule has 0 radical (unpaired) electrons. The maximum Gasteiger partial charge on any atom is 0.270 e. The SMILES string of the molecule is Cc1ccc(Oc2nsnc2Cl)cc1F. The Morgan fingerprint density at radius 3 is 2.80 bits per heavy atom. The van der Waals surface area contributed by atoms with Gasteiger partial charge in [0, 0.05) is 6.07 Å². The van der Waals surface area contributed by atoms with Crippen molar-refractivity contribution in [3.63, 3.8) is 0 Å². The third kappa shape index (κ3) is 2.24. The second-order valence-corrected chi connectivity index (χ2v) is 3.76. The lowest BCUT2D eigenvalue weighted by molar-refractivity contribution is 0.462. The fourth-order valence-electron chi connectivity index (χ4n) is 0.979. The van der Waals surface area contributed by atoms with E-state index in [-0.39, 0.29) is 16.9 Å². The zero-order valence-corrected chi connectivity index (χ0v) is 9.27. The molecule has 3 nitrogen and oxygen atoms in total. The molecule has 0 fully saturated rings. The summed E-state index contributed by atoms with van der Waals surface area (Å²) in [5.74, 6) is 0.226. The van der Waals surface area contributed by atoms with Gasteiger partial charge in [0.1, 0.15) is 11.6 Å². The summed E-state index contributed by atoms with van der Waals surface area (Å²) in [5.41, 5.74) is 0.560. The van der Waals surface area contributed by atoms with Crippen molar-refractivity contribution in [2.75, 3.05) is 0 Å². The highest BCUT2D eigenvalue weighted by atomic mass is 35.5. The van der Waals surface area contributed by atoms with Crippen LogP contribution >= 0.6 is 23.3 Å². The van der Waals surface area contributed by atoms with Crippen LogP contribution in [0.3, 0.4) is 0 Å². The highest BCUT2D eigenvalue weighted by molar-refractivity contribution is 6.99. The zero-order chi connectivity index (χ0) is 10.8. The summed E-state index contributed by atoms with van der Waals surface area (Å²) in [6.45, 7) is 1.68. The van der Waals surface area contributed by atoms with Crippen LogP contribution in [0.1, 0.15) is 5.56 Å². The van der Waals surface area contributed by atoms with Crippen LogP contribution in [-0.2, 0) is 0 Å². The standard InChI is InChI=1S/C9H6ClFN2OS/c1-5-2-3-6(4-7(5)11)14-9-8(10)12-15-13-9/h2-4H,1H3. The monoisotopic (exact) mass is 244 g/mol. The van der Waals surface area contributed by atoms with Crippen molar-refractivity contribution in [2.45, 2.75) is 6.92 Å². The topological polar surface area (TPSA) is 35.0 Å². The van der Waals surface area contributed by atoms with E-state index in [4.69, 9.17) is 16.3 Å². The molecule has 0 saturated heterocycles. The number of ether oxygens (including phenoxy) is 1.